The smallest absolute Gasteiger partial charge is 0.269 e. The molecule has 0 spiro atoms. The molecule has 0 atom stereocenters. The van der Waals surface area contributed by atoms with Crippen LogP contribution < -0.4 is 5.43 Å². The molecule has 0 radical (unpaired) electrons. The summed E-state index contributed by atoms with van der Waals surface area (Å²) in [5.74, 6) is 0.174. The van der Waals surface area contributed by atoms with E-state index in [2.05, 4.69) is 0 Å². The molecule has 2 aromatic heterocycles. The van der Waals surface area contributed by atoms with E-state index < -0.39 is 4.92 Å². The molecule has 2 heterocycles. The van der Waals surface area contributed by atoms with Gasteiger partial charge in [0.2, 0.25) is 0 Å². The third kappa shape index (κ3) is 3.47. The predicted octanol–water partition coefficient (Wildman–Crippen LogP) is 6.48. The summed E-state index contributed by atoms with van der Waals surface area (Å²) in [6, 6.07) is 17.8. The Hall–Kier alpha value is -4.23. The molecular formula is C26H17ClN2O5. The van der Waals surface area contributed by atoms with Crippen LogP contribution in [0.25, 0.3) is 38.9 Å². The Morgan fingerprint density at radius 2 is 1.68 bits per heavy atom. The van der Waals surface area contributed by atoms with Gasteiger partial charge in [-0.2, -0.15) is 0 Å². The number of hydrogen-bond donors (Lipinski definition) is 0. The summed E-state index contributed by atoms with van der Waals surface area (Å²) in [7, 11) is 0. The molecule has 0 aliphatic carbocycles. The second kappa shape index (κ2) is 7.97. The van der Waals surface area contributed by atoms with Gasteiger partial charge in [0.1, 0.15) is 11.3 Å². The first-order valence-corrected chi connectivity index (χ1v) is 10.8. The van der Waals surface area contributed by atoms with Crippen LogP contribution in [-0.2, 0) is 0 Å². The van der Waals surface area contributed by atoms with Crippen LogP contribution >= 0.6 is 11.6 Å². The van der Waals surface area contributed by atoms with E-state index >= 15 is 0 Å². The summed E-state index contributed by atoms with van der Waals surface area (Å²) < 4.78 is 7.96. The Labute approximate surface area is 198 Å². The molecule has 5 rings (SSSR count). The van der Waals surface area contributed by atoms with Crippen LogP contribution in [0.3, 0.4) is 0 Å². The number of aromatic nitrogens is 1. The summed E-state index contributed by atoms with van der Waals surface area (Å²) >= 11 is 6.05. The highest BCUT2D eigenvalue weighted by atomic mass is 35.5. The first-order valence-electron chi connectivity index (χ1n) is 10.4. The van der Waals surface area contributed by atoms with Gasteiger partial charge >= 0.3 is 0 Å². The molecule has 0 aliphatic heterocycles. The van der Waals surface area contributed by atoms with Gasteiger partial charge in [0.15, 0.2) is 11.2 Å². The minimum absolute atomic E-state index is 0.0568. The van der Waals surface area contributed by atoms with E-state index in [1.165, 1.54) is 37.3 Å². The molecule has 5 aromatic rings. The Bertz CT molecular complexity index is 1680. The molecule has 0 bridgehead atoms. The Morgan fingerprint density at radius 3 is 2.29 bits per heavy atom. The van der Waals surface area contributed by atoms with Gasteiger partial charge in [-0.15, -0.1) is 0 Å². The van der Waals surface area contributed by atoms with Gasteiger partial charge in [-0.3, -0.25) is 19.7 Å². The van der Waals surface area contributed by atoms with Gasteiger partial charge in [-0.25, -0.2) is 0 Å². The number of benzene rings is 3. The number of Topliss-reactive ketones (excluding diaryl/α,β-unsaturated/α-hetero) is 1. The van der Waals surface area contributed by atoms with E-state index in [0.717, 1.165) is 11.4 Å². The fourth-order valence-electron chi connectivity index (χ4n) is 4.32. The number of nitro groups is 1. The van der Waals surface area contributed by atoms with Crippen molar-refractivity contribution in [3.8, 4) is 17.0 Å². The van der Waals surface area contributed by atoms with E-state index in [4.69, 9.17) is 16.0 Å². The van der Waals surface area contributed by atoms with Crippen molar-refractivity contribution in [2.24, 2.45) is 0 Å². The molecule has 0 unspecified atom stereocenters. The molecule has 0 amide bonds. The van der Waals surface area contributed by atoms with E-state index in [1.54, 1.807) is 24.3 Å². The van der Waals surface area contributed by atoms with Crippen molar-refractivity contribution in [1.29, 1.82) is 0 Å². The average molecular weight is 473 g/mol. The Kier molecular flexibility index (Phi) is 5.06. The van der Waals surface area contributed by atoms with Crippen LogP contribution in [0.2, 0.25) is 5.02 Å². The van der Waals surface area contributed by atoms with Gasteiger partial charge in [0, 0.05) is 51.1 Å². The summed E-state index contributed by atoms with van der Waals surface area (Å²) in [5.41, 5.74) is 3.33. The first-order chi connectivity index (χ1) is 16.2. The quantitative estimate of drug-likeness (QED) is 0.169. The highest BCUT2D eigenvalue weighted by molar-refractivity contribution is 6.30. The molecular weight excluding hydrogens is 456 g/mol. The third-order valence-electron chi connectivity index (χ3n) is 5.85. The van der Waals surface area contributed by atoms with Crippen molar-refractivity contribution >= 4 is 44.9 Å². The molecule has 7 nitrogen and oxygen atoms in total. The van der Waals surface area contributed by atoms with E-state index in [-0.39, 0.29) is 22.7 Å². The van der Waals surface area contributed by atoms with Gasteiger partial charge < -0.3 is 8.98 Å². The Morgan fingerprint density at radius 1 is 1.00 bits per heavy atom. The minimum Gasteiger partial charge on any atom is -0.456 e. The van der Waals surface area contributed by atoms with Crippen molar-refractivity contribution in [2.75, 3.05) is 0 Å². The minimum atomic E-state index is -0.492. The summed E-state index contributed by atoms with van der Waals surface area (Å²) in [6.07, 6.45) is 0. The number of rotatable bonds is 4. The average Bonchev–Trinajstić information content (AvgIpc) is 3.09. The van der Waals surface area contributed by atoms with Gasteiger partial charge in [-0.1, -0.05) is 11.6 Å². The second-order valence-electron chi connectivity index (χ2n) is 7.97. The summed E-state index contributed by atoms with van der Waals surface area (Å²) in [6.45, 7) is 3.36. The normalized spacial score (nSPS) is 11.3. The number of hydrogen-bond acceptors (Lipinski definition) is 5. The fourth-order valence-corrected chi connectivity index (χ4v) is 4.45. The lowest BCUT2D eigenvalue weighted by atomic mass is 10.1. The van der Waals surface area contributed by atoms with Crippen LogP contribution in [0.5, 0.6) is 0 Å². The molecule has 168 valence electrons. The van der Waals surface area contributed by atoms with Crippen molar-refractivity contribution in [3.05, 3.63) is 103 Å². The van der Waals surface area contributed by atoms with E-state index in [0.29, 0.717) is 38.0 Å². The molecule has 0 aliphatic rings. The highest BCUT2D eigenvalue weighted by Gasteiger charge is 2.21. The summed E-state index contributed by atoms with van der Waals surface area (Å²) in [4.78, 5) is 36.1. The van der Waals surface area contributed by atoms with Crippen molar-refractivity contribution in [2.45, 2.75) is 13.8 Å². The fraction of sp³-hybridized carbons (Fsp3) is 0.0769. The first kappa shape index (κ1) is 21.6. The zero-order valence-corrected chi connectivity index (χ0v) is 18.9. The zero-order valence-electron chi connectivity index (χ0n) is 18.2. The van der Waals surface area contributed by atoms with Crippen LogP contribution in [0, 0.1) is 17.0 Å². The van der Waals surface area contributed by atoms with Crippen LogP contribution in [0.1, 0.15) is 23.0 Å². The number of nitrogens with zero attached hydrogens (tertiary/aromatic N) is 2. The predicted molar refractivity (Wildman–Crippen MR) is 131 cm³/mol. The van der Waals surface area contributed by atoms with Gasteiger partial charge in [0.25, 0.3) is 5.69 Å². The number of carbonyl (C=O) groups is 1. The topological polar surface area (TPSA) is 95.3 Å². The van der Waals surface area contributed by atoms with E-state index in [1.807, 2.05) is 23.6 Å². The van der Waals surface area contributed by atoms with Crippen LogP contribution in [0.15, 0.2) is 75.9 Å². The maximum absolute atomic E-state index is 13.0. The van der Waals surface area contributed by atoms with Crippen LogP contribution in [-0.4, -0.2) is 15.3 Å². The molecule has 34 heavy (non-hydrogen) atoms. The molecule has 0 N–H and O–H groups in total. The largest absolute Gasteiger partial charge is 0.456 e. The standard InChI is InChI=1S/C26H17ClN2O5/c1-14-26(15(2)30)20-12-25-21(11-22(20)28(14)18-9-5-17(27)6-10-18)23(31)13-24(34-25)16-3-7-19(8-4-16)29(32)33/h3-13H,1-2H3. The van der Waals surface area contributed by atoms with Crippen molar-refractivity contribution < 1.29 is 14.1 Å². The number of non-ortho nitro benzene ring substituents is 1. The van der Waals surface area contributed by atoms with Crippen LogP contribution in [0.4, 0.5) is 5.69 Å². The number of carbonyl (C=O) groups excluding carboxylic acids is 1. The second-order valence-corrected chi connectivity index (χ2v) is 8.41. The lowest BCUT2D eigenvalue weighted by Gasteiger charge is -2.09. The lowest BCUT2D eigenvalue weighted by Crippen LogP contribution is -2.02. The molecule has 8 heteroatoms. The van der Waals surface area contributed by atoms with Crippen molar-refractivity contribution in [1.82, 2.24) is 4.57 Å². The number of ketones is 1. The van der Waals surface area contributed by atoms with Gasteiger partial charge in [-0.05, 0) is 62.4 Å². The maximum Gasteiger partial charge on any atom is 0.269 e. The monoisotopic (exact) mass is 472 g/mol. The maximum atomic E-state index is 13.0. The molecule has 0 saturated heterocycles. The summed E-state index contributed by atoms with van der Waals surface area (Å²) in [5, 5.41) is 12.6. The Balaban J connectivity index is 1.78. The highest BCUT2D eigenvalue weighted by Crippen LogP contribution is 2.34. The number of nitro benzene ring substituents is 1. The molecule has 3 aromatic carbocycles. The van der Waals surface area contributed by atoms with Gasteiger partial charge in [0.05, 0.1) is 15.8 Å². The lowest BCUT2D eigenvalue weighted by molar-refractivity contribution is -0.384. The number of fused-ring (bicyclic) bond motifs is 2. The SMILES string of the molecule is CC(=O)c1c(C)n(-c2ccc(Cl)cc2)c2cc3c(=O)cc(-c4ccc([N+](=O)[O-])cc4)oc3cc12. The number of halogens is 1. The molecule has 0 saturated carbocycles. The van der Waals surface area contributed by atoms with E-state index in [9.17, 15) is 19.7 Å². The zero-order chi connectivity index (χ0) is 24.1. The van der Waals surface area contributed by atoms with Crippen molar-refractivity contribution in [3.63, 3.8) is 0 Å². The third-order valence-corrected chi connectivity index (χ3v) is 6.10. The molecule has 0 fully saturated rings.